The fourth-order valence-electron chi connectivity index (χ4n) is 6.17. The zero-order valence-electron chi connectivity index (χ0n) is 25.5. The van der Waals surface area contributed by atoms with Gasteiger partial charge in [-0.05, 0) is 80.2 Å². The van der Waals surface area contributed by atoms with Crippen LogP contribution in [0.1, 0.15) is 83.4 Å². The van der Waals surface area contributed by atoms with Crippen molar-refractivity contribution in [2.24, 2.45) is 0 Å². The van der Waals surface area contributed by atoms with Crippen LogP contribution in [-0.2, 0) is 44.8 Å². The number of nitrogens with zero attached hydrogens (tertiary/aromatic N) is 4. The normalized spacial score (nSPS) is 16.5. The first-order chi connectivity index (χ1) is 20.9. The summed E-state index contributed by atoms with van der Waals surface area (Å²) < 4.78 is 0. The van der Waals surface area contributed by atoms with Gasteiger partial charge >= 0.3 is 29.0 Å². The molecule has 0 spiro atoms. The summed E-state index contributed by atoms with van der Waals surface area (Å²) in [7, 11) is 0. The fraction of sp³-hybridized carbons (Fsp3) is 0.324. The van der Waals surface area contributed by atoms with Crippen LogP contribution < -0.4 is 9.97 Å². The molecule has 0 aromatic carbocycles. The molecule has 8 bridgehead atoms. The summed E-state index contributed by atoms with van der Waals surface area (Å²) in [5, 5.41) is 19.1. The first kappa shape index (κ1) is 33.1. The minimum Gasteiger partial charge on any atom is -0.657 e. The van der Waals surface area contributed by atoms with Crippen molar-refractivity contribution in [1.82, 2.24) is 19.9 Å². The maximum Gasteiger partial charge on any atom is 2.00 e. The second-order valence-corrected chi connectivity index (χ2v) is 13.6. The van der Waals surface area contributed by atoms with Crippen LogP contribution in [0.3, 0.4) is 0 Å². The molecule has 6 heterocycles. The van der Waals surface area contributed by atoms with Crippen molar-refractivity contribution in [3.8, 4) is 0 Å². The van der Waals surface area contributed by atoms with E-state index in [1.54, 1.807) is 0 Å². The number of carbonyl (C=O) groups is 2. The molecule has 2 N–H and O–H groups in total. The van der Waals surface area contributed by atoms with Gasteiger partial charge in [-0.3, -0.25) is 9.59 Å². The number of carboxylic acid groups (broad SMARTS) is 2. The summed E-state index contributed by atoms with van der Waals surface area (Å²) in [6.45, 7) is 12.2. The van der Waals surface area contributed by atoms with Crippen molar-refractivity contribution in [3.63, 3.8) is 0 Å². The summed E-state index contributed by atoms with van der Waals surface area (Å²) in [4.78, 5) is 43.3. The van der Waals surface area contributed by atoms with E-state index in [0.717, 1.165) is 72.9 Å². The van der Waals surface area contributed by atoms with Crippen molar-refractivity contribution in [2.75, 3.05) is 5.75 Å². The Hall–Kier alpha value is -3.24. The number of hydrogen-bond acceptors (Lipinski definition) is 5. The van der Waals surface area contributed by atoms with Gasteiger partial charge in [0.1, 0.15) is 0 Å². The second kappa shape index (κ2) is 12.9. The molecule has 0 radical (unpaired) electrons. The van der Waals surface area contributed by atoms with Gasteiger partial charge in [-0.15, -0.1) is 22.1 Å². The Labute approximate surface area is 282 Å². The Morgan fingerprint density at radius 1 is 0.867 bits per heavy atom. The SMILES string of the molecule is [CH2-][C@@H](S)C1=C(C)c2cc3[n-]c(cc4nc(cc5[n-]c(cc1n2)c(C)c5[C@H]1C[SH+]1)C(C)=C4CCC(=O)O)c(CCC(=O)O)c3C.[Fe+2]. The molecule has 3 aliphatic rings. The van der Waals surface area contributed by atoms with Gasteiger partial charge in [0.25, 0.3) is 0 Å². The first-order valence-electron chi connectivity index (χ1n) is 14.6. The van der Waals surface area contributed by atoms with Crippen molar-refractivity contribution < 1.29 is 36.9 Å². The van der Waals surface area contributed by atoms with Crippen molar-refractivity contribution in [1.29, 1.82) is 0 Å². The third kappa shape index (κ3) is 6.41. The first-order valence-corrected chi connectivity index (χ1v) is 16.3. The Kier molecular flexibility index (Phi) is 9.47. The molecule has 8 nitrogen and oxygen atoms in total. The molecule has 3 aromatic heterocycles. The molecule has 1 saturated heterocycles. The molecule has 3 aliphatic heterocycles. The standard InChI is InChI=1S/C34H35N4O4S2.Fe/c1-15-20(6-8-31(39)40)26-13-27-21(7-9-32(41)42)16(2)23(36-27)11-29-34(30-14-44-30)18(4)25(38-29)12-28-33(19(5)43)17(3)24(37-28)10-22(15)35-26;/h10-13,19,30H,5-9,14H2,1-4H3,(H5,35,36,37,38,39,40,41,42,43);/q-1;+2/p-1/t19-,30-;/m1./s1. The Bertz CT molecular complexity index is 1970. The van der Waals surface area contributed by atoms with Gasteiger partial charge in [-0.1, -0.05) is 46.2 Å². The quantitative estimate of drug-likeness (QED) is 0.0877. The Balaban J connectivity index is 0.00000400. The van der Waals surface area contributed by atoms with Crippen LogP contribution in [0.15, 0.2) is 24.3 Å². The van der Waals surface area contributed by atoms with Crippen LogP contribution in [0.4, 0.5) is 0 Å². The molecule has 0 aliphatic carbocycles. The Morgan fingerprint density at radius 2 is 1.40 bits per heavy atom. The van der Waals surface area contributed by atoms with Gasteiger partial charge in [-0.25, -0.2) is 22.6 Å². The van der Waals surface area contributed by atoms with Crippen LogP contribution >= 0.6 is 12.6 Å². The molecule has 1 fully saturated rings. The Morgan fingerprint density at radius 3 is 2.04 bits per heavy atom. The second-order valence-electron chi connectivity index (χ2n) is 11.6. The summed E-state index contributed by atoms with van der Waals surface area (Å²) in [5.41, 5.74) is 13.6. The van der Waals surface area contributed by atoms with E-state index in [-0.39, 0.29) is 35.2 Å². The van der Waals surface area contributed by atoms with Gasteiger partial charge in [0.15, 0.2) is 11.0 Å². The minimum absolute atomic E-state index is 0. The smallest absolute Gasteiger partial charge is 0.657 e. The van der Waals surface area contributed by atoms with E-state index in [2.05, 4.69) is 13.8 Å². The van der Waals surface area contributed by atoms with E-state index in [1.165, 1.54) is 17.3 Å². The third-order valence-electron chi connectivity index (χ3n) is 8.69. The minimum atomic E-state index is -0.891. The van der Waals surface area contributed by atoms with E-state index in [1.807, 2.05) is 45.0 Å². The largest absolute Gasteiger partial charge is 2.00 e. The summed E-state index contributed by atoms with van der Waals surface area (Å²) in [6.07, 6.45) is 0.540. The van der Waals surface area contributed by atoms with E-state index >= 15 is 0 Å². The maximum atomic E-state index is 11.6. The van der Waals surface area contributed by atoms with Gasteiger partial charge in [-0.2, -0.15) is 0 Å². The monoisotopic (exact) mass is 682 g/mol. The fourth-order valence-corrected chi connectivity index (χ4v) is 7.30. The molecule has 45 heavy (non-hydrogen) atoms. The number of carboxylic acids is 2. The van der Waals surface area contributed by atoms with Gasteiger partial charge < -0.3 is 27.1 Å². The number of allylic oxidation sites excluding steroid dienone is 3. The molecule has 11 heteroatoms. The van der Waals surface area contributed by atoms with Crippen LogP contribution in [0, 0.1) is 20.8 Å². The van der Waals surface area contributed by atoms with Crippen LogP contribution in [0.25, 0.3) is 44.4 Å². The van der Waals surface area contributed by atoms with Gasteiger partial charge in [0, 0.05) is 12.8 Å². The number of aliphatic carboxylic acids is 2. The summed E-state index contributed by atoms with van der Waals surface area (Å²) in [6, 6.07) is 7.85. The summed E-state index contributed by atoms with van der Waals surface area (Å²) in [5.74, 6) is -0.688. The zero-order valence-corrected chi connectivity index (χ0v) is 28.3. The zero-order chi connectivity index (χ0) is 31.4. The number of hydrogen-bond donors (Lipinski definition) is 3. The molecular formula is C34H34FeN4O4S2. The molecular weight excluding hydrogens is 648 g/mol. The van der Waals surface area contributed by atoms with E-state index in [4.69, 9.17) is 32.6 Å². The molecule has 234 valence electrons. The molecule has 0 amide bonds. The number of aromatic nitrogens is 4. The molecule has 3 aromatic rings. The number of thiol groups is 2. The van der Waals surface area contributed by atoms with Crippen LogP contribution in [0.5, 0.6) is 0 Å². The third-order valence-corrected chi connectivity index (χ3v) is 9.93. The number of aryl methyl sites for hydroxylation is 3. The maximum absolute atomic E-state index is 11.6. The average molecular weight is 683 g/mol. The molecule has 2 atom stereocenters. The summed E-state index contributed by atoms with van der Waals surface area (Å²) >= 11 is 6.07. The number of rotatable bonds is 8. The molecule has 0 unspecified atom stereocenters. The molecule has 6 rings (SSSR count). The van der Waals surface area contributed by atoms with E-state index in [0.29, 0.717) is 34.8 Å². The van der Waals surface area contributed by atoms with E-state index in [9.17, 15) is 19.8 Å². The van der Waals surface area contributed by atoms with Crippen molar-refractivity contribution in [3.05, 3.63) is 76.2 Å². The van der Waals surface area contributed by atoms with E-state index < -0.39 is 11.9 Å². The van der Waals surface area contributed by atoms with Crippen molar-refractivity contribution in [2.45, 2.75) is 63.9 Å². The van der Waals surface area contributed by atoms with Gasteiger partial charge in [0.2, 0.25) is 0 Å². The van der Waals surface area contributed by atoms with Crippen molar-refractivity contribution >= 4 is 80.7 Å². The van der Waals surface area contributed by atoms with Gasteiger partial charge in [0.05, 0.1) is 22.8 Å². The average Bonchev–Trinajstić information content (AvgIpc) is 3.49. The predicted molar refractivity (Wildman–Crippen MR) is 181 cm³/mol. The predicted octanol–water partition coefficient (Wildman–Crippen LogP) is 5.93. The number of fused-ring (bicyclic) bond motifs is 8. The van der Waals surface area contributed by atoms with Crippen LogP contribution in [0.2, 0.25) is 0 Å². The topological polar surface area (TPSA) is 129 Å². The molecule has 0 saturated carbocycles. The van der Waals surface area contributed by atoms with Crippen LogP contribution in [-0.4, -0.2) is 43.1 Å².